The largest absolute Gasteiger partial charge is 0.504 e. The summed E-state index contributed by atoms with van der Waals surface area (Å²) < 4.78 is 7.02. The van der Waals surface area contributed by atoms with Crippen LogP contribution in [-0.4, -0.2) is 33.3 Å². The number of rotatable bonds is 5. The molecule has 20 heavy (non-hydrogen) atoms. The molecule has 6 nitrogen and oxygen atoms in total. The summed E-state index contributed by atoms with van der Waals surface area (Å²) in [5, 5.41) is 20.8. The van der Waals surface area contributed by atoms with Crippen LogP contribution in [0.2, 0.25) is 0 Å². The Hall–Kier alpha value is -2.15. The summed E-state index contributed by atoms with van der Waals surface area (Å²) in [4.78, 5) is 0. The van der Waals surface area contributed by atoms with Gasteiger partial charge in [0.1, 0.15) is 0 Å². The molecule has 0 saturated carbocycles. The van der Waals surface area contributed by atoms with Gasteiger partial charge in [0.15, 0.2) is 17.3 Å². The Morgan fingerprint density at radius 3 is 3.00 bits per heavy atom. The number of ether oxygens (including phenoxy) is 1. The van der Waals surface area contributed by atoms with Crippen molar-refractivity contribution in [1.29, 1.82) is 0 Å². The first-order chi connectivity index (χ1) is 9.65. The number of nitrogens with one attached hydrogen (secondary N) is 1. The number of aromatic hydroxyl groups is 1. The molecule has 0 amide bonds. The summed E-state index contributed by atoms with van der Waals surface area (Å²) in [6, 6.07) is 5.05. The van der Waals surface area contributed by atoms with E-state index in [1.165, 1.54) is 7.11 Å². The normalized spacial score (nSPS) is 11.1. The molecule has 2 N–H and O–H groups in total. The van der Waals surface area contributed by atoms with Gasteiger partial charge in [-0.15, -0.1) is 0 Å². The van der Waals surface area contributed by atoms with Crippen LogP contribution in [0.1, 0.15) is 24.7 Å². The van der Waals surface area contributed by atoms with Crippen LogP contribution >= 0.6 is 12.2 Å². The fraction of sp³-hybridized carbons (Fsp3) is 0.308. The quantitative estimate of drug-likeness (QED) is 0.656. The highest BCUT2D eigenvalue weighted by Crippen LogP contribution is 2.25. The van der Waals surface area contributed by atoms with Crippen LogP contribution in [0.4, 0.5) is 0 Å². The molecule has 0 radical (unpaired) electrons. The Bertz CT molecular complexity index is 675. The lowest BCUT2D eigenvalue weighted by Gasteiger charge is -2.03. The molecule has 2 rings (SSSR count). The minimum absolute atomic E-state index is 0.0704. The molecule has 1 aromatic carbocycles. The molecule has 0 spiro atoms. The fourth-order valence-corrected chi connectivity index (χ4v) is 1.94. The second-order valence-corrected chi connectivity index (χ2v) is 4.57. The van der Waals surface area contributed by atoms with E-state index in [2.05, 4.69) is 22.2 Å². The summed E-state index contributed by atoms with van der Waals surface area (Å²) in [5.74, 6) is 1.28. The lowest BCUT2D eigenvalue weighted by Crippen LogP contribution is -1.98. The van der Waals surface area contributed by atoms with E-state index in [0.29, 0.717) is 10.5 Å². The van der Waals surface area contributed by atoms with Crippen molar-refractivity contribution in [2.45, 2.75) is 19.8 Å². The van der Waals surface area contributed by atoms with Gasteiger partial charge < -0.3 is 9.84 Å². The van der Waals surface area contributed by atoms with Crippen molar-refractivity contribution in [3.63, 3.8) is 0 Å². The lowest BCUT2D eigenvalue weighted by molar-refractivity contribution is 0.373. The van der Waals surface area contributed by atoms with Crippen LogP contribution in [0, 0.1) is 4.77 Å². The SMILES string of the molecule is CCCc1n[nH]c(=S)n1/N=C/c1ccc(OC)c(O)c1. The molecule has 0 saturated heterocycles. The number of aromatic nitrogens is 3. The van der Waals surface area contributed by atoms with E-state index < -0.39 is 0 Å². The van der Waals surface area contributed by atoms with Gasteiger partial charge >= 0.3 is 0 Å². The number of H-pyrrole nitrogens is 1. The van der Waals surface area contributed by atoms with Crippen LogP contribution in [0.3, 0.4) is 0 Å². The smallest absolute Gasteiger partial charge is 0.216 e. The van der Waals surface area contributed by atoms with Gasteiger partial charge in [-0.1, -0.05) is 6.92 Å². The maximum Gasteiger partial charge on any atom is 0.216 e. The molecule has 1 heterocycles. The summed E-state index contributed by atoms with van der Waals surface area (Å²) in [5.41, 5.74) is 0.744. The first-order valence-corrected chi connectivity index (χ1v) is 6.64. The third kappa shape index (κ3) is 3.05. The number of benzene rings is 1. The Labute approximate surface area is 121 Å². The fourth-order valence-electron chi connectivity index (χ4n) is 1.74. The third-order valence-electron chi connectivity index (χ3n) is 2.72. The molecule has 2 aromatic rings. The van der Waals surface area contributed by atoms with Gasteiger partial charge in [-0.05, 0) is 42.4 Å². The molecule has 0 fully saturated rings. The van der Waals surface area contributed by atoms with Gasteiger partial charge in [0.2, 0.25) is 4.77 Å². The van der Waals surface area contributed by atoms with E-state index in [4.69, 9.17) is 17.0 Å². The maximum atomic E-state index is 9.71. The molecule has 0 aliphatic heterocycles. The molecule has 7 heteroatoms. The number of phenolic OH excluding ortho intramolecular Hbond substituents is 1. The molecule has 1 aromatic heterocycles. The van der Waals surface area contributed by atoms with Gasteiger partial charge in [-0.25, -0.2) is 0 Å². The zero-order chi connectivity index (χ0) is 14.5. The summed E-state index contributed by atoms with van der Waals surface area (Å²) in [7, 11) is 1.50. The summed E-state index contributed by atoms with van der Waals surface area (Å²) >= 11 is 5.13. The van der Waals surface area contributed by atoms with Crippen molar-refractivity contribution in [2.24, 2.45) is 5.10 Å². The van der Waals surface area contributed by atoms with Crippen molar-refractivity contribution >= 4 is 18.4 Å². The average molecular weight is 292 g/mol. The van der Waals surface area contributed by atoms with Gasteiger partial charge in [0, 0.05) is 6.42 Å². The molecule has 0 aliphatic rings. The molecule has 0 bridgehead atoms. The highest BCUT2D eigenvalue weighted by molar-refractivity contribution is 7.71. The lowest BCUT2D eigenvalue weighted by atomic mass is 10.2. The predicted molar refractivity (Wildman–Crippen MR) is 79.1 cm³/mol. The van der Waals surface area contributed by atoms with Crippen LogP contribution in [0.15, 0.2) is 23.3 Å². The number of nitrogens with zero attached hydrogens (tertiary/aromatic N) is 3. The second kappa shape index (κ2) is 6.33. The highest BCUT2D eigenvalue weighted by Gasteiger charge is 2.04. The first-order valence-electron chi connectivity index (χ1n) is 6.23. The number of hydrogen-bond acceptors (Lipinski definition) is 5. The van der Waals surface area contributed by atoms with Crippen molar-refractivity contribution in [3.05, 3.63) is 34.4 Å². The molecular formula is C13H16N4O2S. The predicted octanol–water partition coefficient (Wildman–Crippen LogP) is 2.49. The van der Waals surface area contributed by atoms with Crippen LogP contribution in [0.25, 0.3) is 0 Å². The zero-order valence-electron chi connectivity index (χ0n) is 11.3. The number of aryl methyl sites for hydroxylation is 1. The minimum Gasteiger partial charge on any atom is -0.504 e. The Balaban J connectivity index is 2.27. The summed E-state index contributed by atoms with van der Waals surface area (Å²) in [6.45, 7) is 2.06. The van der Waals surface area contributed by atoms with Gasteiger partial charge in [0.25, 0.3) is 0 Å². The highest BCUT2D eigenvalue weighted by atomic mass is 32.1. The number of aromatic amines is 1. The van der Waals surface area contributed by atoms with Crippen molar-refractivity contribution in [1.82, 2.24) is 14.9 Å². The number of hydrogen-bond donors (Lipinski definition) is 2. The van der Waals surface area contributed by atoms with E-state index in [1.54, 1.807) is 29.1 Å². The van der Waals surface area contributed by atoms with Crippen molar-refractivity contribution < 1.29 is 9.84 Å². The number of methoxy groups -OCH3 is 1. The second-order valence-electron chi connectivity index (χ2n) is 4.18. The van der Waals surface area contributed by atoms with E-state index in [-0.39, 0.29) is 5.75 Å². The minimum atomic E-state index is 0.0704. The zero-order valence-corrected chi connectivity index (χ0v) is 12.1. The van der Waals surface area contributed by atoms with Crippen LogP contribution < -0.4 is 4.74 Å². The average Bonchev–Trinajstić information content (AvgIpc) is 2.78. The molecule has 0 unspecified atom stereocenters. The standard InChI is InChI=1S/C13H16N4O2S/c1-3-4-12-15-16-13(20)17(12)14-8-9-5-6-11(19-2)10(18)7-9/h5-8,18H,3-4H2,1-2H3,(H,16,20)/b14-8+. The summed E-state index contributed by atoms with van der Waals surface area (Å²) in [6.07, 6.45) is 3.36. The molecule has 0 aliphatic carbocycles. The van der Waals surface area contributed by atoms with Crippen molar-refractivity contribution in [2.75, 3.05) is 7.11 Å². The van der Waals surface area contributed by atoms with Crippen LogP contribution in [0.5, 0.6) is 11.5 Å². The van der Waals surface area contributed by atoms with E-state index in [9.17, 15) is 5.11 Å². The van der Waals surface area contributed by atoms with Gasteiger partial charge in [0.05, 0.1) is 13.3 Å². The maximum absolute atomic E-state index is 9.71. The molecule has 106 valence electrons. The van der Waals surface area contributed by atoms with Gasteiger partial charge in [-0.3, -0.25) is 5.10 Å². The third-order valence-corrected chi connectivity index (χ3v) is 2.98. The first kappa shape index (κ1) is 14.3. The molecule has 0 atom stereocenters. The Kier molecular flexibility index (Phi) is 4.52. The number of phenols is 1. The van der Waals surface area contributed by atoms with Crippen LogP contribution in [-0.2, 0) is 6.42 Å². The van der Waals surface area contributed by atoms with E-state index >= 15 is 0 Å². The van der Waals surface area contributed by atoms with Crippen molar-refractivity contribution in [3.8, 4) is 11.5 Å². The van der Waals surface area contributed by atoms with E-state index in [0.717, 1.165) is 24.2 Å². The Morgan fingerprint density at radius 2 is 2.35 bits per heavy atom. The monoisotopic (exact) mass is 292 g/mol. The Morgan fingerprint density at radius 1 is 1.55 bits per heavy atom. The van der Waals surface area contributed by atoms with Gasteiger partial charge in [-0.2, -0.15) is 14.9 Å². The van der Waals surface area contributed by atoms with E-state index in [1.807, 2.05) is 0 Å². The molecular weight excluding hydrogens is 276 g/mol. The topological polar surface area (TPSA) is 75.4 Å².